The molecule has 1 amide bonds. The van der Waals surface area contributed by atoms with Gasteiger partial charge in [0.05, 0.1) is 35.6 Å². The Hall–Kier alpha value is -5.56. The van der Waals surface area contributed by atoms with Gasteiger partial charge < -0.3 is 48.7 Å². The summed E-state index contributed by atoms with van der Waals surface area (Å²) in [4.78, 5) is 86.3. The van der Waals surface area contributed by atoms with Crippen LogP contribution in [0.25, 0.3) is 0 Å². The Morgan fingerprint density at radius 1 is 0.814 bits per heavy atom. The first-order valence-electron chi connectivity index (χ1n) is 23.5. The minimum atomic E-state index is -2.96. The molecule has 3 aliphatic carbocycles. The van der Waals surface area contributed by atoms with Crippen molar-refractivity contribution in [3.63, 3.8) is 0 Å². The van der Waals surface area contributed by atoms with Crippen molar-refractivity contribution in [2.24, 2.45) is 16.7 Å². The third kappa shape index (κ3) is 8.82. The quantitative estimate of drug-likeness (QED) is 0.0735. The van der Waals surface area contributed by atoms with Crippen LogP contribution in [0.2, 0.25) is 18.1 Å². The Labute approximate surface area is 409 Å². The molecular weight excluding hydrogens is 919 g/mol. The first kappa shape index (κ1) is 52.3. The topological polar surface area (TPSA) is 231 Å². The number of carbonyl (C=O) groups excluding carboxylic acids is 6. The number of carbonyl (C=O) groups is 6. The second kappa shape index (κ2) is 18.9. The Balaban J connectivity index is 1.46. The molecule has 4 N–H and O–H groups in total. The lowest BCUT2D eigenvalue weighted by molar-refractivity contribution is -0.369. The third-order valence-electron chi connectivity index (χ3n) is 15.7. The molecule has 9 unspecified atom stereocenters. The minimum absolute atomic E-state index is 0.0336. The van der Waals surface area contributed by atoms with Gasteiger partial charge in [0.2, 0.25) is 0 Å². The molecule has 7 rings (SSSR count). The molecule has 2 bridgehead atoms. The summed E-state index contributed by atoms with van der Waals surface area (Å²) in [5, 5.41) is 40.5. The highest BCUT2D eigenvalue weighted by Gasteiger charge is 2.80. The first-order valence-corrected chi connectivity index (χ1v) is 26.4. The number of aliphatic hydroxyl groups excluding tert-OH is 2. The monoisotopic (exact) mass is 983 g/mol. The average Bonchev–Trinajstić information content (AvgIpc) is 3.29. The smallest absolute Gasteiger partial charge is 0.338 e. The van der Waals surface area contributed by atoms with Crippen LogP contribution in [0.1, 0.15) is 101 Å². The second-order valence-electron chi connectivity index (χ2n) is 21.3. The lowest BCUT2D eigenvalue weighted by Crippen LogP contribution is -2.85. The van der Waals surface area contributed by atoms with Crippen molar-refractivity contribution in [1.29, 1.82) is 0 Å². The van der Waals surface area contributed by atoms with E-state index < -0.39 is 139 Å². The summed E-state index contributed by atoms with van der Waals surface area (Å²) >= 11 is 0. The minimum Gasteiger partial charge on any atom is -0.456 e. The summed E-state index contributed by atoms with van der Waals surface area (Å²) in [6, 6.07) is 23.9. The number of hydrogen-bond acceptors (Lipinski definition) is 15. The number of esters is 4. The van der Waals surface area contributed by atoms with Gasteiger partial charge in [-0.1, -0.05) is 101 Å². The lowest BCUT2D eigenvalue weighted by atomic mass is 9.44. The van der Waals surface area contributed by atoms with Crippen LogP contribution in [0.4, 0.5) is 0 Å². The number of benzene rings is 3. The van der Waals surface area contributed by atoms with Crippen molar-refractivity contribution >= 4 is 43.9 Å². The first-order chi connectivity index (χ1) is 32.6. The van der Waals surface area contributed by atoms with E-state index in [0.29, 0.717) is 11.1 Å². The number of fused-ring (bicyclic) bond motifs is 5. The van der Waals surface area contributed by atoms with Crippen LogP contribution in [0, 0.1) is 16.7 Å². The predicted octanol–water partition coefficient (Wildman–Crippen LogP) is 5.74. The maximum absolute atomic E-state index is 15.8. The van der Waals surface area contributed by atoms with Gasteiger partial charge in [0.15, 0.2) is 31.9 Å². The number of Topliss-reactive ketones (excluding diaryl/α,β-unsaturated/α-hetero) is 1. The lowest BCUT2D eigenvalue weighted by Gasteiger charge is -2.68. The van der Waals surface area contributed by atoms with Crippen LogP contribution in [0.15, 0.2) is 102 Å². The van der Waals surface area contributed by atoms with E-state index in [0.717, 1.165) is 13.8 Å². The Kier molecular flexibility index (Phi) is 14.1. The zero-order chi connectivity index (χ0) is 51.5. The van der Waals surface area contributed by atoms with Crippen molar-refractivity contribution in [2.75, 3.05) is 6.61 Å². The number of nitrogens with one attached hydrogen (secondary N) is 1. The number of amides is 1. The van der Waals surface area contributed by atoms with Crippen LogP contribution < -0.4 is 5.32 Å². The number of aliphatic hydroxyl groups is 3. The van der Waals surface area contributed by atoms with Crippen LogP contribution in [0.5, 0.6) is 0 Å². The maximum atomic E-state index is 15.8. The fourth-order valence-electron chi connectivity index (χ4n) is 10.9. The van der Waals surface area contributed by atoms with Crippen LogP contribution in [-0.2, 0) is 47.3 Å². The van der Waals surface area contributed by atoms with Gasteiger partial charge in [-0.15, -0.1) is 0 Å². The largest absolute Gasteiger partial charge is 0.456 e. The summed E-state index contributed by atoms with van der Waals surface area (Å²) in [7, 11) is -2.96. The van der Waals surface area contributed by atoms with E-state index >= 15 is 9.59 Å². The number of ether oxygens (including phenoxy) is 5. The van der Waals surface area contributed by atoms with Gasteiger partial charge in [0.25, 0.3) is 5.91 Å². The van der Waals surface area contributed by atoms with Crippen molar-refractivity contribution < 1.29 is 72.2 Å². The normalized spacial score (nSPS) is 31.2. The highest BCUT2D eigenvalue weighted by Crippen LogP contribution is 2.64. The SMILES string of the molecule is CC(=O)OC1C(=O)[C@]2(C)C(O)C(O)C3OC[C@@]3(OC(C)=O)C2C(OC(=O)c2ccccc2)[C@]2(O)CC(OC(=O)C(O[Si](C)(C)C(C)(C)C)C(NC(=O)c3ccccc3)c3ccccc3)C(C)=C1C2(C)C. The molecule has 1 heterocycles. The fraction of sp³-hybridized carbons (Fsp3) is 0.509. The summed E-state index contributed by atoms with van der Waals surface area (Å²) in [6.07, 6.45) is -12.8. The van der Waals surface area contributed by atoms with Gasteiger partial charge in [-0.2, -0.15) is 0 Å². The molecule has 1 saturated heterocycles. The molecule has 17 heteroatoms. The molecule has 2 saturated carbocycles. The van der Waals surface area contributed by atoms with Crippen molar-refractivity contribution in [1.82, 2.24) is 5.32 Å². The molecule has 4 aliphatic rings. The van der Waals surface area contributed by atoms with Crippen LogP contribution in [0.3, 0.4) is 0 Å². The molecule has 1 aliphatic heterocycles. The molecule has 0 spiro atoms. The van der Waals surface area contributed by atoms with Crippen molar-refractivity contribution in [3.8, 4) is 0 Å². The standard InChI is InChI=1S/C53H65NO15Si/c1-29-35(66-48(62)40(69-70(10,11)49(4,5)6)37(32-21-15-12-16-22-32)54-46(60)33-23-17-13-18-24-33)27-53(63)45(67-47(61)34-25-19-14-20-26-34)41-51(9,43(59)39(65-30(2)55)36(29)50(53,7)8)42(58)38(57)44-52(41,28-64-44)68-31(3)56/h12-26,35,37-42,44-45,57-58,63H,27-28H2,1-11H3,(H,54,60)/t35?,37?,38?,39?,40?,41?,42?,44?,45?,51-,52+,53+/m0/s1. The highest BCUT2D eigenvalue weighted by atomic mass is 28.4. The van der Waals surface area contributed by atoms with Crippen molar-refractivity contribution in [2.45, 2.75) is 147 Å². The molecule has 3 aromatic rings. The summed E-state index contributed by atoms with van der Waals surface area (Å²) in [5.41, 5.74) is -7.54. The van der Waals surface area contributed by atoms with Gasteiger partial charge in [-0.3, -0.25) is 19.2 Å². The summed E-state index contributed by atoms with van der Waals surface area (Å²) in [6.45, 7) is 17.5. The van der Waals surface area contributed by atoms with E-state index in [-0.39, 0.29) is 16.7 Å². The third-order valence-corrected chi connectivity index (χ3v) is 20.2. The molecule has 0 aromatic heterocycles. The highest BCUT2D eigenvalue weighted by molar-refractivity contribution is 6.74. The summed E-state index contributed by atoms with van der Waals surface area (Å²) < 4.78 is 37.8. The summed E-state index contributed by atoms with van der Waals surface area (Å²) in [5.74, 6) is -6.96. The van der Waals surface area contributed by atoms with Gasteiger partial charge in [-0.05, 0) is 73.0 Å². The van der Waals surface area contributed by atoms with Crippen molar-refractivity contribution in [3.05, 3.63) is 119 Å². The number of ketones is 1. The van der Waals surface area contributed by atoms with E-state index in [2.05, 4.69) is 5.32 Å². The zero-order valence-electron chi connectivity index (χ0n) is 41.5. The van der Waals surface area contributed by atoms with E-state index in [9.17, 15) is 34.5 Å². The molecule has 12 atom stereocenters. The van der Waals surface area contributed by atoms with Crippen LogP contribution >= 0.6 is 0 Å². The zero-order valence-corrected chi connectivity index (χ0v) is 42.5. The molecular formula is C53H65NO15Si. The average molecular weight is 984 g/mol. The molecule has 3 fully saturated rings. The molecule has 0 radical (unpaired) electrons. The van der Waals surface area contributed by atoms with E-state index in [1.165, 1.54) is 19.1 Å². The van der Waals surface area contributed by atoms with Gasteiger partial charge >= 0.3 is 23.9 Å². The fourth-order valence-corrected chi connectivity index (χ4v) is 12.1. The van der Waals surface area contributed by atoms with Gasteiger partial charge in [0.1, 0.15) is 30.0 Å². The Morgan fingerprint density at radius 2 is 1.37 bits per heavy atom. The van der Waals surface area contributed by atoms with Gasteiger partial charge in [-0.25, -0.2) is 9.59 Å². The Bertz CT molecular complexity index is 2540. The van der Waals surface area contributed by atoms with E-state index in [4.69, 9.17) is 28.1 Å². The van der Waals surface area contributed by atoms with E-state index in [1.807, 2.05) is 33.9 Å². The number of rotatable bonds is 12. The Morgan fingerprint density at radius 3 is 1.89 bits per heavy atom. The molecule has 3 aromatic carbocycles. The molecule has 70 heavy (non-hydrogen) atoms. The predicted molar refractivity (Wildman–Crippen MR) is 255 cm³/mol. The van der Waals surface area contributed by atoms with Gasteiger partial charge in [0, 0.05) is 31.2 Å². The van der Waals surface area contributed by atoms with Crippen LogP contribution in [-0.4, -0.2) is 120 Å². The van der Waals surface area contributed by atoms with E-state index in [1.54, 1.807) is 99.6 Å². The molecule has 376 valence electrons. The second-order valence-corrected chi connectivity index (χ2v) is 26.1. The maximum Gasteiger partial charge on any atom is 0.338 e. The molecule has 16 nitrogen and oxygen atoms in total. The number of hydrogen-bond donors (Lipinski definition) is 4.